The van der Waals surface area contributed by atoms with Gasteiger partial charge in [-0.25, -0.2) is 0 Å². The fourth-order valence-electron chi connectivity index (χ4n) is 3.93. The first kappa shape index (κ1) is 20.4. The zero-order chi connectivity index (χ0) is 19.4. The average molecular weight is 353 g/mol. The molecule has 0 aliphatic carbocycles. The first-order valence-electron chi connectivity index (χ1n) is 9.70. The van der Waals surface area contributed by atoms with Crippen molar-refractivity contribution in [3.8, 4) is 0 Å². The van der Waals surface area contributed by atoms with Crippen LogP contribution in [-0.2, 0) is 0 Å². The van der Waals surface area contributed by atoms with E-state index in [0.717, 1.165) is 12.8 Å². The van der Waals surface area contributed by atoms with Gasteiger partial charge in [0, 0.05) is 28.0 Å². The molecular formula is C24H36N2. The number of nitrogens with zero attached hydrogens (tertiary/aromatic N) is 1. The highest BCUT2D eigenvalue weighted by atomic mass is 15.2. The number of rotatable bonds is 7. The van der Waals surface area contributed by atoms with E-state index in [1.54, 1.807) is 0 Å². The lowest BCUT2D eigenvalue weighted by Gasteiger charge is -2.50. The SMILES string of the molecule is CC(C)(CCC(C)(C)N(c1ccccc1)C(C)(C)C)Nc1ccccc1. The topological polar surface area (TPSA) is 15.3 Å². The van der Waals surface area contributed by atoms with Crippen LogP contribution < -0.4 is 10.2 Å². The van der Waals surface area contributed by atoms with Gasteiger partial charge in [0.1, 0.15) is 0 Å². The second-order valence-electron chi connectivity index (χ2n) is 9.53. The smallest absolute Gasteiger partial charge is 0.0374 e. The minimum absolute atomic E-state index is 0.0405. The van der Waals surface area contributed by atoms with E-state index in [4.69, 9.17) is 0 Å². The maximum absolute atomic E-state index is 3.69. The Hall–Kier alpha value is -1.96. The fourth-order valence-corrected chi connectivity index (χ4v) is 3.93. The van der Waals surface area contributed by atoms with E-state index in [9.17, 15) is 0 Å². The Kier molecular flexibility index (Phi) is 6.05. The van der Waals surface area contributed by atoms with Gasteiger partial charge in [-0.15, -0.1) is 0 Å². The summed E-state index contributed by atoms with van der Waals surface area (Å²) in [6.45, 7) is 16.2. The van der Waals surface area contributed by atoms with Crippen molar-refractivity contribution >= 4 is 11.4 Å². The second kappa shape index (κ2) is 7.73. The van der Waals surface area contributed by atoms with Gasteiger partial charge < -0.3 is 10.2 Å². The van der Waals surface area contributed by atoms with E-state index in [1.165, 1.54) is 11.4 Å². The normalized spacial score (nSPS) is 12.7. The minimum atomic E-state index is 0.0405. The third-order valence-corrected chi connectivity index (χ3v) is 4.91. The largest absolute Gasteiger partial charge is 0.380 e. The van der Waals surface area contributed by atoms with Crippen LogP contribution in [0.1, 0.15) is 61.3 Å². The van der Waals surface area contributed by atoms with Crippen molar-refractivity contribution in [1.82, 2.24) is 0 Å². The Morgan fingerprint density at radius 2 is 1.19 bits per heavy atom. The molecule has 0 atom stereocenters. The molecule has 0 saturated carbocycles. The summed E-state index contributed by atoms with van der Waals surface area (Å²) < 4.78 is 0. The molecule has 0 aliphatic rings. The molecule has 2 nitrogen and oxygen atoms in total. The van der Waals surface area contributed by atoms with Gasteiger partial charge in [0.15, 0.2) is 0 Å². The predicted octanol–water partition coefficient (Wildman–Crippen LogP) is 6.74. The van der Waals surface area contributed by atoms with Crippen molar-refractivity contribution in [2.75, 3.05) is 10.2 Å². The van der Waals surface area contributed by atoms with E-state index in [1.807, 2.05) is 0 Å². The molecule has 0 saturated heterocycles. The van der Waals surface area contributed by atoms with Crippen molar-refractivity contribution in [3.05, 3.63) is 60.7 Å². The molecule has 0 radical (unpaired) electrons. The van der Waals surface area contributed by atoms with Crippen LogP contribution in [0.2, 0.25) is 0 Å². The van der Waals surface area contributed by atoms with Gasteiger partial charge in [-0.2, -0.15) is 0 Å². The standard InChI is InChI=1S/C24H36N2/c1-22(2,3)26(21-16-12-9-13-17-21)24(6,7)19-18-23(4,5)25-20-14-10-8-11-15-20/h8-17,25H,18-19H2,1-7H3. The van der Waals surface area contributed by atoms with Gasteiger partial charge in [-0.1, -0.05) is 36.4 Å². The van der Waals surface area contributed by atoms with Gasteiger partial charge in [-0.3, -0.25) is 0 Å². The number of anilines is 2. The van der Waals surface area contributed by atoms with E-state index in [-0.39, 0.29) is 16.6 Å². The van der Waals surface area contributed by atoms with E-state index >= 15 is 0 Å². The summed E-state index contributed by atoms with van der Waals surface area (Å²) in [7, 11) is 0. The molecular weight excluding hydrogens is 316 g/mol. The van der Waals surface area contributed by atoms with Crippen molar-refractivity contribution in [2.24, 2.45) is 0 Å². The molecule has 0 unspecified atom stereocenters. The molecule has 0 spiro atoms. The molecule has 0 heterocycles. The van der Waals surface area contributed by atoms with E-state index in [0.29, 0.717) is 0 Å². The van der Waals surface area contributed by atoms with Crippen LogP contribution in [-0.4, -0.2) is 16.6 Å². The Labute approximate surface area is 160 Å². The predicted molar refractivity (Wildman–Crippen MR) is 116 cm³/mol. The molecule has 2 heteroatoms. The lowest BCUT2D eigenvalue weighted by atomic mass is 9.84. The highest BCUT2D eigenvalue weighted by Gasteiger charge is 2.36. The van der Waals surface area contributed by atoms with Gasteiger partial charge in [0.2, 0.25) is 0 Å². The highest BCUT2D eigenvalue weighted by molar-refractivity contribution is 5.51. The number of para-hydroxylation sites is 2. The summed E-state index contributed by atoms with van der Waals surface area (Å²) in [6, 6.07) is 21.3. The van der Waals surface area contributed by atoms with E-state index in [2.05, 4.69) is 119 Å². The number of nitrogens with one attached hydrogen (secondary N) is 1. The van der Waals surface area contributed by atoms with Crippen molar-refractivity contribution in [2.45, 2.75) is 77.9 Å². The zero-order valence-electron chi connectivity index (χ0n) is 17.6. The Balaban J connectivity index is 2.14. The third kappa shape index (κ3) is 5.52. The van der Waals surface area contributed by atoms with Gasteiger partial charge in [-0.05, 0) is 85.6 Å². The summed E-state index contributed by atoms with van der Waals surface area (Å²) in [4.78, 5) is 2.57. The minimum Gasteiger partial charge on any atom is -0.380 e. The summed E-state index contributed by atoms with van der Waals surface area (Å²) >= 11 is 0. The average Bonchev–Trinajstić information content (AvgIpc) is 2.53. The first-order valence-corrected chi connectivity index (χ1v) is 9.70. The van der Waals surface area contributed by atoms with Crippen LogP contribution in [0.5, 0.6) is 0 Å². The molecule has 2 rings (SSSR count). The monoisotopic (exact) mass is 352 g/mol. The molecule has 142 valence electrons. The quantitative estimate of drug-likeness (QED) is 0.593. The second-order valence-corrected chi connectivity index (χ2v) is 9.53. The number of benzene rings is 2. The molecule has 1 N–H and O–H groups in total. The Bertz CT molecular complexity index is 666. The molecule has 0 aliphatic heterocycles. The molecule has 2 aromatic rings. The lowest BCUT2D eigenvalue weighted by Crippen LogP contribution is -2.55. The first-order chi connectivity index (χ1) is 12.0. The van der Waals surface area contributed by atoms with E-state index < -0.39 is 0 Å². The highest BCUT2D eigenvalue weighted by Crippen LogP contribution is 2.36. The van der Waals surface area contributed by atoms with Crippen LogP contribution in [0.3, 0.4) is 0 Å². The summed E-state index contributed by atoms with van der Waals surface area (Å²) in [5, 5.41) is 3.69. The summed E-state index contributed by atoms with van der Waals surface area (Å²) in [6.07, 6.45) is 2.19. The Morgan fingerprint density at radius 1 is 0.692 bits per heavy atom. The molecule has 0 bridgehead atoms. The zero-order valence-corrected chi connectivity index (χ0v) is 17.6. The lowest BCUT2D eigenvalue weighted by molar-refractivity contribution is 0.312. The van der Waals surface area contributed by atoms with Crippen molar-refractivity contribution < 1.29 is 0 Å². The maximum atomic E-state index is 3.69. The van der Waals surface area contributed by atoms with Gasteiger partial charge >= 0.3 is 0 Å². The van der Waals surface area contributed by atoms with Gasteiger partial charge in [0.05, 0.1) is 0 Å². The van der Waals surface area contributed by atoms with Crippen LogP contribution in [0.15, 0.2) is 60.7 Å². The summed E-state index contributed by atoms with van der Waals surface area (Å²) in [5.41, 5.74) is 2.63. The van der Waals surface area contributed by atoms with Gasteiger partial charge in [0.25, 0.3) is 0 Å². The van der Waals surface area contributed by atoms with Crippen molar-refractivity contribution in [3.63, 3.8) is 0 Å². The summed E-state index contributed by atoms with van der Waals surface area (Å²) in [5.74, 6) is 0. The maximum Gasteiger partial charge on any atom is 0.0374 e. The number of hydrogen-bond donors (Lipinski definition) is 1. The van der Waals surface area contributed by atoms with Crippen LogP contribution in [0.25, 0.3) is 0 Å². The molecule has 0 amide bonds. The fraction of sp³-hybridized carbons (Fsp3) is 0.500. The third-order valence-electron chi connectivity index (χ3n) is 4.91. The van der Waals surface area contributed by atoms with Crippen LogP contribution in [0, 0.1) is 0 Å². The molecule has 26 heavy (non-hydrogen) atoms. The molecule has 2 aromatic carbocycles. The van der Waals surface area contributed by atoms with Crippen LogP contribution in [0.4, 0.5) is 11.4 Å². The molecule has 0 aromatic heterocycles. The van der Waals surface area contributed by atoms with Crippen molar-refractivity contribution in [1.29, 1.82) is 0 Å². The van der Waals surface area contributed by atoms with Crippen LogP contribution >= 0.6 is 0 Å². The molecule has 0 fully saturated rings. The number of hydrogen-bond acceptors (Lipinski definition) is 2. The Morgan fingerprint density at radius 3 is 1.69 bits per heavy atom.